The molecule has 1 amide bonds. The molecule has 1 aliphatic rings. The van der Waals surface area contributed by atoms with Gasteiger partial charge in [0.25, 0.3) is 0 Å². The smallest absolute Gasteiger partial charge is 0.228 e. The van der Waals surface area contributed by atoms with Crippen molar-refractivity contribution < 1.29 is 4.79 Å². The van der Waals surface area contributed by atoms with E-state index in [9.17, 15) is 4.79 Å². The molecule has 0 saturated heterocycles. The lowest BCUT2D eigenvalue weighted by molar-refractivity contribution is -0.120. The van der Waals surface area contributed by atoms with Gasteiger partial charge in [-0.2, -0.15) is 0 Å². The maximum absolute atomic E-state index is 12.0. The highest BCUT2D eigenvalue weighted by molar-refractivity contribution is 6.29. The molecule has 0 bridgehead atoms. The van der Waals surface area contributed by atoms with Crippen LogP contribution in [0.1, 0.15) is 38.5 Å². The lowest BCUT2D eigenvalue weighted by Gasteiger charge is -2.13. The number of halogens is 1. The largest absolute Gasteiger partial charge is 0.309 e. The molecule has 1 heterocycles. The lowest BCUT2D eigenvalue weighted by Crippen LogP contribution is -2.22. The van der Waals surface area contributed by atoms with Crippen LogP contribution < -0.4 is 5.32 Å². The number of nitrogens with zero attached hydrogens (tertiary/aromatic N) is 2. The Kier molecular flexibility index (Phi) is 4.31. The van der Waals surface area contributed by atoms with E-state index in [2.05, 4.69) is 15.3 Å². The quantitative estimate of drug-likeness (QED) is 0.825. The van der Waals surface area contributed by atoms with Crippen molar-refractivity contribution in [2.75, 3.05) is 5.32 Å². The normalized spacial score (nSPS) is 17.5. The van der Waals surface area contributed by atoms with Crippen molar-refractivity contribution in [3.63, 3.8) is 0 Å². The van der Waals surface area contributed by atoms with Crippen molar-refractivity contribution in [1.82, 2.24) is 9.97 Å². The summed E-state index contributed by atoms with van der Waals surface area (Å²) in [7, 11) is 0. The van der Waals surface area contributed by atoms with Crippen LogP contribution in [-0.2, 0) is 4.79 Å². The zero-order chi connectivity index (χ0) is 12.1. The van der Waals surface area contributed by atoms with Gasteiger partial charge in [-0.05, 0) is 12.8 Å². The van der Waals surface area contributed by atoms with Gasteiger partial charge in [0.05, 0.1) is 12.4 Å². The molecule has 5 heteroatoms. The van der Waals surface area contributed by atoms with Gasteiger partial charge in [-0.1, -0.05) is 37.3 Å². The molecular formula is C12H16ClN3O. The second-order valence-electron chi connectivity index (χ2n) is 4.40. The lowest BCUT2D eigenvalue weighted by atomic mass is 10.00. The summed E-state index contributed by atoms with van der Waals surface area (Å²) in [5.74, 6) is 0.655. The molecule has 1 saturated carbocycles. The highest BCUT2D eigenvalue weighted by atomic mass is 35.5. The maximum Gasteiger partial charge on any atom is 0.228 e. The van der Waals surface area contributed by atoms with Crippen molar-refractivity contribution >= 4 is 23.3 Å². The number of anilines is 1. The summed E-state index contributed by atoms with van der Waals surface area (Å²) >= 11 is 5.63. The monoisotopic (exact) mass is 253 g/mol. The number of carbonyl (C=O) groups excluding carboxylic acids is 1. The molecule has 1 aromatic heterocycles. The summed E-state index contributed by atoms with van der Waals surface area (Å²) in [5, 5.41) is 3.13. The third kappa shape index (κ3) is 3.66. The molecule has 0 aromatic carbocycles. The number of nitrogens with one attached hydrogen (secondary N) is 1. The summed E-state index contributed by atoms with van der Waals surface area (Å²) in [6.45, 7) is 0. The average molecular weight is 254 g/mol. The molecule has 0 unspecified atom stereocenters. The third-order valence-electron chi connectivity index (χ3n) is 3.10. The van der Waals surface area contributed by atoms with Crippen LogP contribution >= 0.6 is 11.6 Å². The van der Waals surface area contributed by atoms with Gasteiger partial charge in [0.1, 0.15) is 5.15 Å². The molecule has 1 aliphatic carbocycles. The van der Waals surface area contributed by atoms with Crippen LogP contribution in [0.5, 0.6) is 0 Å². The molecule has 4 nitrogen and oxygen atoms in total. The summed E-state index contributed by atoms with van der Waals surface area (Å²) in [5.41, 5.74) is 0. The number of amides is 1. The van der Waals surface area contributed by atoms with E-state index in [4.69, 9.17) is 11.6 Å². The predicted molar refractivity (Wildman–Crippen MR) is 66.9 cm³/mol. The van der Waals surface area contributed by atoms with Gasteiger partial charge in [0.2, 0.25) is 5.91 Å². The Labute approximate surface area is 106 Å². The van der Waals surface area contributed by atoms with Crippen LogP contribution in [0.25, 0.3) is 0 Å². The van der Waals surface area contributed by atoms with Crippen molar-refractivity contribution in [3.8, 4) is 0 Å². The van der Waals surface area contributed by atoms with E-state index < -0.39 is 0 Å². The number of aromatic nitrogens is 2. The minimum atomic E-state index is 0.0588. The Morgan fingerprint density at radius 3 is 2.47 bits per heavy atom. The Morgan fingerprint density at radius 2 is 1.88 bits per heavy atom. The molecule has 1 fully saturated rings. The maximum atomic E-state index is 12.0. The zero-order valence-electron chi connectivity index (χ0n) is 9.66. The average Bonchev–Trinajstić information content (AvgIpc) is 2.61. The molecule has 1 aromatic rings. The number of hydrogen-bond acceptors (Lipinski definition) is 3. The first-order chi connectivity index (χ1) is 8.25. The summed E-state index contributed by atoms with van der Waals surface area (Å²) in [4.78, 5) is 19.9. The van der Waals surface area contributed by atoms with E-state index in [0.29, 0.717) is 11.0 Å². The fraction of sp³-hybridized carbons (Fsp3) is 0.583. The molecule has 92 valence electrons. The Bertz CT molecular complexity index is 372. The standard InChI is InChI=1S/C12H16ClN3O/c13-10-7-15-11(8-14-10)16-12(17)9-5-3-1-2-4-6-9/h7-9H,1-6H2,(H,15,16,17). The van der Waals surface area contributed by atoms with Crippen molar-refractivity contribution in [3.05, 3.63) is 17.5 Å². The second-order valence-corrected chi connectivity index (χ2v) is 4.79. The summed E-state index contributed by atoms with van der Waals surface area (Å²) in [6.07, 6.45) is 9.64. The van der Waals surface area contributed by atoms with Gasteiger partial charge in [-0.25, -0.2) is 9.97 Å². The molecule has 0 aliphatic heterocycles. The van der Waals surface area contributed by atoms with Crippen molar-refractivity contribution in [2.24, 2.45) is 5.92 Å². The van der Waals surface area contributed by atoms with Crippen molar-refractivity contribution in [2.45, 2.75) is 38.5 Å². The predicted octanol–water partition coefficient (Wildman–Crippen LogP) is 3.04. The molecule has 0 radical (unpaired) electrons. The van der Waals surface area contributed by atoms with Crippen LogP contribution in [0.15, 0.2) is 12.4 Å². The van der Waals surface area contributed by atoms with Crippen LogP contribution in [0, 0.1) is 5.92 Å². The summed E-state index contributed by atoms with van der Waals surface area (Å²) in [6, 6.07) is 0. The highest BCUT2D eigenvalue weighted by Gasteiger charge is 2.20. The first-order valence-corrected chi connectivity index (χ1v) is 6.42. The van der Waals surface area contributed by atoms with E-state index in [1.807, 2.05) is 0 Å². The second kappa shape index (κ2) is 5.96. The molecule has 2 rings (SSSR count). The number of carbonyl (C=O) groups is 1. The third-order valence-corrected chi connectivity index (χ3v) is 3.29. The Balaban J connectivity index is 1.93. The van der Waals surface area contributed by atoms with Gasteiger partial charge in [-0.15, -0.1) is 0 Å². The molecule has 0 spiro atoms. The fourth-order valence-corrected chi connectivity index (χ4v) is 2.24. The molecule has 17 heavy (non-hydrogen) atoms. The van der Waals surface area contributed by atoms with Crippen LogP contribution in [0.2, 0.25) is 5.15 Å². The van der Waals surface area contributed by atoms with E-state index in [1.54, 1.807) is 0 Å². The van der Waals surface area contributed by atoms with E-state index in [-0.39, 0.29) is 11.8 Å². The first-order valence-electron chi connectivity index (χ1n) is 6.04. The number of hydrogen-bond donors (Lipinski definition) is 1. The molecule has 0 atom stereocenters. The van der Waals surface area contributed by atoms with E-state index in [1.165, 1.54) is 25.2 Å². The minimum Gasteiger partial charge on any atom is -0.309 e. The Hall–Kier alpha value is -1.16. The van der Waals surface area contributed by atoms with E-state index >= 15 is 0 Å². The van der Waals surface area contributed by atoms with Crippen molar-refractivity contribution in [1.29, 1.82) is 0 Å². The van der Waals surface area contributed by atoms with Crippen LogP contribution in [0.3, 0.4) is 0 Å². The molecular weight excluding hydrogens is 238 g/mol. The van der Waals surface area contributed by atoms with Gasteiger partial charge in [-0.3, -0.25) is 4.79 Å². The Morgan fingerprint density at radius 1 is 1.18 bits per heavy atom. The van der Waals surface area contributed by atoms with Gasteiger partial charge in [0, 0.05) is 5.92 Å². The molecule has 1 N–H and O–H groups in total. The zero-order valence-corrected chi connectivity index (χ0v) is 10.4. The fourth-order valence-electron chi connectivity index (χ4n) is 2.15. The van der Waals surface area contributed by atoms with Crippen LogP contribution in [0.4, 0.5) is 5.82 Å². The highest BCUT2D eigenvalue weighted by Crippen LogP contribution is 2.23. The number of rotatable bonds is 2. The summed E-state index contributed by atoms with van der Waals surface area (Å²) < 4.78 is 0. The van der Waals surface area contributed by atoms with Gasteiger partial charge in [0.15, 0.2) is 5.82 Å². The minimum absolute atomic E-state index is 0.0588. The van der Waals surface area contributed by atoms with Gasteiger partial charge < -0.3 is 5.32 Å². The van der Waals surface area contributed by atoms with Gasteiger partial charge >= 0.3 is 0 Å². The topological polar surface area (TPSA) is 54.9 Å². The SMILES string of the molecule is O=C(Nc1cnc(Cl)cn1)C1CCCCCC1. The van der Waals surface area contributed by atoms with E-state index in [0.717, 1.165) is 25.7 Å². The first kappa shape index (κ1) is 12.3. The van der Waals surface area contributed by atoms with Crippen LogP contribution in [-0.4, -0.2) is 15.9 Å².